The Morgan fingerprint density at radius 1 is 1.16 bits per heavy atom. The van der Waals surface area contributed by atoms with Crippen molar-refractivity contribution in [3.8, 4) is 11.8 Å². The van der Waals surface area contributed by atoms with E-state index in [1.807, 2.05) is 12.1 Å². The third kappa shape index (κ3) is 4.44. The van der Waals surface area contributed by atoms with E-state index in [4.69, 9.17) is 0 Å². The van der Waals surface area contributed by atoms with Crippen LogP contribution in [0.25, 0.3) is 5.69 Å². The lowest BCUT2D eigenvalue weighted by molar-refractivity contribution is 0.0600. The Morgan fingerprint density at radius 3 is 2.47 bits per heavy atom. The first kappa shape index (κ1) is 22.1. The number of aromatic nitrogens is 2. The second-order valence-corrected chi connectivity index (χ2v) is 6.78. The van der Waals surface area contributed by atoms with Crippen LogP contribution in [0, 0.1) is 25.2 Å². The topological polar surface area (TPSA) is 126 Å². The fourth-order valence-corrected chi connectivity index (χ4v) is 2.96. The van der Waals surface area contributed by atoms with Crippen LogP contribution in [0.4, 0.5) is 0 Å². The predicted molar refractivity (Wildman–Crippen MR) is 117 cm³/mol. The molecule has 0 saturated carbocycles. The molecule has 0 unspecified atom stereocenters. The summed E-state index contributed by atoms with van der Waals surface area (Å²) in [7, 11) is 1.29. The number of para-hydroxylation sites is 1. The second-order valence-electron chi connectivity index (χ2n) is 6.78. The van der Waals surface area contributed by atoms with Crippen LogP contribution in [-0.4, -0.2) is 35.0 Å². The molecule has 2 aromatic carbocycles. The molecular formula is C23H19N5O4. The van der Waals surface area contributed by atoms with E-state index in [0.717, 1.165) is 10.2 Å². The van der Waals surface area contributed by atoms with Gasteiger partial charge in [-0.3, -0.25) is 9.59 Å². The SMILES string of the molecule is COC(=O)c1ccc(/C=N/NC(=O)c2nn(-c3ccccc3C)c(=O)c(C#N)c2C)cc1. The number of nitriles is 1. The smallest absolute Gasteiger partial charge is 0.337 e. The van der Waals surface area contributed by atoms with Crippen molar-refractivity contribution in [2.24, 2.45) is 5.10 Å². The van der Waals surface area contributed by atoms with Gasteiger partial charge in [0.25, 0.3) is 11.5 Å². The van der Waals surface area contributed by atoms with Crippen molar-refractivity contribution in [1.29, 1.82) is 5.26 Å². The van der Waals surface area contributed by atoms with Gasteiger partial charge in [0.05, 0.1) is 24.6 Å². The van der Waals surface area contributed by atoms with Gasteiger partial charge in [-0.05, 0) is 43.2 Å². The van der Waals surface area contributed by atoms with E-state index in [1.54, 1.807) is 49.4 Å². The van der Waals surface area contributed by atoms with Gasteiger partial charge in [-0.15, -0.1) is 0 Å². The molecule has 3 aromatic rings. The first-order chi connectivity index (χ1) is 15.4. The summed E-state index contributed by atoms with van der Waals surface area (Å²) in [4.78, 5) is 36.9. The molecule has 0 spiro atoms. The van der Waals surface area contributed by atoms with Crippen molar-refractivity contribution in [1.82, 2.24) is 15.2 Å². The van der Waals surface area contributed by atoms with Gasteiger partial charge in [0.15, 0.2) is 5.69 Å². The summed E-state index contributed by atoms with van der Waals surface area (Å²) in [5.74, 6) is -1.14. The minimum atomic E-state index is -0.677. The molecule has 1 heterocycles. The van der Waals surface area contributed by atoms with Gasteiger partial charge < -0.3 is 4.74 Å². The van der Waals surface area contributed by atoms with Crippen LogP contribution in [0.15, 0.2) is 58.4 Å². The maximum absolute atomic E-state index is 12.7. The third-order valence-corrected chi connectivity index (χ3v) is 4.72. The number of aryl methyl sites for hydroxylation is 1. The molecule has 9 nitrogen and oxygen atoms in total. The Hall–Kier alpha value is -4.58. The van der Waals surface area contributed by atoms with E-state index in [0.29, 0.717) is 16.8 Å². The normalized spacial score (nSPS) is 10.6. The summed E-state index contributed by atoms with van der Waals surface area (Å²) < 4.78 is 5.69. The number of esters is 1. The minimum Gasteiger partial charge on any atom is -0.465 e. The highest BCUT2D eigenvalue weighted by Gasteiger charge is 2.20. The maximum Gasteiger partial charge on any atom is 0.337 e. The monoisotopic (exact) mass is 429 g/mol. The fraction of sp³-hybridized carbons (Fsp3) is 0.130. The summed E-state index contributed by atoms with van der Waals surface area (Å²) >= 11 is 0. The summed E-state index contributed by atoms with van der Waals surface area (Å²) in [6.07, 6.45) is 1.39. The fourth-order valence-electron chi connectivity index (χ4n) is 2.96. The molecule has 32 heavy (non-hydrogen) atoms. The number of hydrogen-bond acceptors (Lipinski definition) is 7. The zero-order valence-electron chi connectivity index (χ0n) is 17.6. The van der Waals surface area contributed by atoms with E-state index in [9.17, 15) is 19.6 Å². The van der Waals surface area contributed by atoms with Gasteiger partial charge in [-0.25, -0.2) is 10.2 Å². The summed E-state index contributed by atoms with van der Waals surface area (Å²) in [6, 6.07) is 15.3. The first-order valence-electron chi connectivity index (χ1n) is 9.49. The molecule has 0 aliphatic heterocycles. The van der Waals surface area contributed by atoms with E-state index < -0.39 is 17.4 Å². The minimum absolute atomic E-state index is 0.0948. The average Bonchev–Trinajstić information content (AvgIpc) is 2.80. The van der Waals surface area contributed by atoms with E-state index in [2.05, 4.69) is 20.4 Å². The molecule has 0 bridgehead atoms. The van der Waals surface area contributed by atoms with Crippen LogP contribution >= 0.6 is 0 Å². The average molecular weight is 429 g/mol. The molecule has 160 valence electrons. The number of methoxy groups -OCH3 is 1. The summed E-state index contributed by atoms with van der Waals surface area (Å²) in [6.45, 7) is 3.28. The maximum atomic E-state index is 12.7. The molecule has 0 fully saturated rings. The highest BCUT2D eigenvalue weighted by atomic mass is 16.5. The lowest BCUT2D eigenvalue weighted by Crippen LogP contribution is -2.31. The summed E-state index contributed by atoms with van der Waals surface area (Å²) in [5, 5.41) is 17.6. The Kier molecular flexibility index (Phi) is 6.56. The number of rotatable bonds is 5. The number of benzene rings is 2. The van der Waals surface area contributed by atoms with Crippen LogP contribution in [0.3, 0.4) is 0 Å². The molecule has 0 radical (unpaired) electrons. The number of carbonyl (C=O) groups excluding carboxylic acids is 2. The van der Waals surface area contributed by atoms with Gasteiger partial charge in [0, 0.05) is 5.56 Å². The molecule has 9 heteroatoms. The number of hydrogen-bond donors (Lipinski definition) is 1. The van der Waals surface area contributed by atoms with Crippen molar-refractivity contribution in [2.75, 3.05) is 7.11 Å². The van der Waals surface area contributed by atoms with Crippen LogP contribution in [-0.2, 0) is 4.74 Å². The lowest BCUT2D eigenvalue weighted by Gasteiger charge is -2.12. The molecule has 0 aliphatic carbocycles. The highest BCUT2D eigenvalue weighted by molar-refractivity contribution is 5.95. The largest absolute Gasteiger partial charge is 0.465 e. The predicted octanol–water partition coefficient (Wildman–Crippen LogP) is 2.27. The van der Waals surface area contributed by atoms with Crippen molar-refractivity contribution in [3.63, 3.8) is 0 Å². The summed E-state index contributed by atoms with van der Waals surface area (Å²) in [5.41, 5.74) is 3.89. The van der Waals surface area contributed by atoms with E-state index >= 15 is 0 Å². The molecule has 1 amide bonds. The first-order valence-corrected chi connectivity index (χ1v) is 9.49. The van der Waals surface area contributed by atoms with Gasteiger partial charge >= 0.3 is 5.97 Å². The zero-order valence-corrected chi connectivity index (χ0v) is 17.6. The van der Waals surface area contributed by atoms with Crippen LogP contribution in [0.1, 0.15) is 43.1 Å². The van der Waals surface area contributed by atoms with Gasteiger partial charge in [0.1, 0.15) is 11.6 Å². The number of carbonyl (C=O) groups is 2. The second kappa shape index (κ2) is 9.49. The van der Waals surface area contributed by atoms with Crippen LogP contribution < -0.4 is 11.0 Å². The molecule has 1 N–H and O–H groups in total. The Labute approximate surface area is 183 Å². The van der Waals surface area contributed by atoms with Crippen molar-refractivity contribution in [3.05, 3.63) is 92.4 Å². The Bertz CT molecular complexity index is 1320. The number of nitrogens with one attached hydrogen (secondary N) is 1. The third-order valence-electron chi connectivity index (χ3n) is 4.72. The highest BCUT2D eigenvalue weighted by Crippen LogP contribution is 2.13. The van der Waals surface area contributed by atoms with Gasteiger partial charge in [-0.2, -0.15) is 20.1 Å². The number of hydrazone groups is 1. The van der Waals surface area contributed by atoms with Gasteiger partial charge in [0.2, 0.25) is 0 Å². The molecule has 0 aliphatic rings. The standard InChI is InChI=1S/C23H19N5O4/c1-14-6-4-5-7-19(14)28-22(30)18(12-24)15(2)20(27-28)21(29)26-25-13-16-8-10-17(11-9-16)23(31)32-3/h4-11,13H,1-3H3,(H,26,29)/b25-13+. The molecule has 0 atom stereocenters. The zero-order chi connectivity index (χ0) is 23.3. The number of nitrogens with zero attached hydrogens (tertiary/aromatic N) is 4. The van der Waals surface area contributed by atoms with Crippen molar-refractivity contribution >= 4 is 18.1 Å². The van der Waals surface area contributed by atoms with Crippen LogP contribution in [0.5, 0.6) is 0 Å². The van der Waals surface area contributed by atoms with Crippen molar-refractivity contribution in [2.45, 2.75) is 13.8 Å². The molecule has 3 rings (SSSR count). The molecular weight excluding hydrogens is 410 g/mol. The molecule has 0 saturated heterocycles. The quantitative estimate of drug-likeness (QED) is 0.377. The Balaban J connectivity index is 1.90. The Morgan fingerprint density at radius 2 is 1.84 bits per heavy atom. The molecule has 1 aromatic heterocycles. The number of ether oxygens (including phenoxy) is 1. The lowest BCUT2D eigenvalue weighted by atomic mass is 10.1. The van der Waals surface area contributed by atoms with Crippen LogP contribution in [0.2, 0.25) is 0 Å². The van der Waals surface area contributed by atoms with Gasteiger partial charge in [-0.1, -0.05) is 30.3 Å². The van der Waals surface area contributed by atoms with Crippen molar-refractivity contribution < 1.29 is 14.3 Å². The number of amides is 1. The van der Waals surface area contributed by atoms with E-state index in [-0.39, 0.29) is 16.8 Å². The van der Waals surface area contributed by atoms with E-state index in [1.165, 1.54) is 20.2 Å².